The predicted molar refractivity (Wildman–Crippen MR) is 68.0 cm³/mol. The topological polar surface area (TPSA) is 25.4 Å². The van der Waals surface area contributed by atoms with Crippen LogP contribution in [0, 0.1) is 0 Å². The summed E-state index contributed by atoms with van der Waals surface area (Å²) >= 11 is 0. The van der Waals surface area contributed by atoms with Crippen LogP contribution in [0.15, 0.2) is 18.3 Å². The molecule has 1 aromatic rings. The summed E-state index contributed by atoms with van der Waals surface area (Å²) in [6.07, 6.45) is 3.02. The highest BCUT2D eigenvalue weighted by Gasteiger charge is 2.11. The zero-order valence-electron chi connectivity index (χ0n) is 10.6. The minimum atomic E-state index is 0.817. The van der Waals surface area contributed by atoms with E-state index in [2.05, 4.69) is 28.9 Å². The Labute approximate surface area is 98.4 Å². The third-order valence-electron chi connectivity index (χ3n) is 2.55. The normalized spacial score (nSPS) is 15.3. The van der Waals surface area contributed by atoms with Crippen LogP contribution in [-0.4, -0.2) is 31.3 Å². The number of hydrogen-bond acceptors (Lipinski definition) is 3. The van der Waals surface area contributed by atoms with E-state index >= 15 is 0 Å². The Bertz CT molecular complexity index is 278. The van der Waals surface area contributed by atoms with Gasteiger partial charge in [0, 0.05) is 19.3 Å². The summed E-state index contributed by atoms with van der Waals surface area (Å²) in [5.74, 6) is 1.07. The zero-order valence-corrected chi connectivity index (χ0v) is 10.6. The fourth-order valence-electron chi connectivity index (χ4n) is 1.61. The quantitative estimate of drug-likeness (QED) is 0.769. The molecule has 2 heterocycles. The monoisotopic (exact) mass is 222 g/mol. The van der Waals surface area contributed by atoms with Crippen molar-refractivity contribution in [3.63, 3.8) is 0 Å². The third-order valence-corrected chi connectivity index (χ3v) is 2.55. The Kier molecular flexibility index (Phi) is 5.86. The number of anilines is 1. The second kappa shape index (κ2) is 7.23. The van der Waals surface area contributed by atoms with Crippen molar-refractivity contribution < 1.29 is 4.74 Å². The van der Waals surface area contributed by atoms with Gasteiger partial charge < -0.3 is 9.64 Å². The molecular weight excluding hydrogens is 200 g/mol. The highest BCUT2D eigenvalue weighted by Crippen LogP contribution is 2.12. The van der Waals surface area contributed by atoms with Crippen LogP contribution < -0.4 is 4.90 Å². The molecule has 1 fully saturated rings. The Morgan fingerprint density at radius 2 is 1.94 bits per heavy atom. The molecule has 90 valence electrons. The molecule has 1 aromatic heterocycles. The molecule has 3 heteroatoms. The lowest BCUT2D eigenvalue weighted by atomic mass is 10.2. The summed E-state index contributed by atoms with van der Waals surface area (Å²) in [5, 5.41) is 0. The van der Waals surface area contributed by atoms with Crippen LogP contribution in [-0.2, 0) is 11.2 Å². The van der Waals surface area contributed by atoms with Crippen molar-refractivity contribution in [1.82, 2.24) is 4.98 Å². The van der Waals surface area contributed by atoms with Gasteiger partial charge in [-0.1, -0.05) is 26.8 Å². The van der Waals surface area contributed by atoms with Gasteiger partial charge in [0.1, 0.15) is 5.82 Å². The number of morpholine rings is 1. The van der Waals surface area contributed by atoms with Crippen molar-refractivity contribution in [3.05, 3.63) is 23.9 Å². The van der Waals surface area contributed by atoms with E-state index < -0.39 is 0 Å². The van der Waals surface area contributed by atoms with Crippen LogP contribution in [0.25, 0.3) is 0 Å². The smallest absolute Gasteiger partial charge is 0.128 e. The summed E-state index contributed by atoms with van der Waals surface area (Å²) in [4.78, 5) is 6.71. The molecule has 1 aliphatic rings. The van der Waals surface area contributed by atoms with Crippen LogP contribution in [0.2, 0.25) is 0 Å². The first-order valence-corrected chi connectivity index (χ1v) is 6.18. The SMILES string of the molecule is CC.CCc1ccc(N2CCOCC2)nc1. The molecular formula is C13H22N2O. The maximum Gasteiger partial charge on any atom is 0.128 e. The van der Waals surface area contributed by atoms with Crippen molar-refractivity contribution in [1.29, 1.82) is 0 Å². The number of rotatable bonds is 2. The lowest BCUT2D eigenvalue weighted by molar-refractivity contribution is 0.122. The molecule has 0 amide bonds. The number of aromatic nitrogens is 1. The van der Waals surface area contributed by atoms with Crippen LogP contribution >= 0.6 is 0 Å². The molecule has 1 aliphatic heterocycles. The van der Waals surface area contributed by atoms with Gasteiger partial charge in [0.2, 0.25) is 0 Å². The Morgan fingerprint density at radius 3 is 2.44 bits per heavy atom. The van der Waals surface area contributed by atoms with Gasteiger partial charge in [-0.3, -0.25) is 0 Å². The molecule has 1 saturated heterocycles. The van der Waals surface area contributed by atoms with E-state index in [0.29, 0.717) is 0 Å². The highest BCUT2D eigenvalue weighted by atomic mass is 16.5. The average molecular weight is 222 g/mol. The maximum atomic E-state index is 5.30. The molecule has 0 aromatic carbocycles. The highest BCUT2D eigenvalue weighted by molar-refractivity contribution is 5.39. The van der Waals surface area contributed by atoms with Crippen molar-refractivity contribution in [2.24, 2.45) is 0 Å². The Balaban J connectivity index is 0.000000606. The van der Waals surface area contributed by atoms with Gasteiger partial charge >= 0.3 is 0 Å². The van der Waals surface area contributed by atoms with Crippen molar-refractivity contribution in [2.75, 3.05) is 31.2 Å². The second-order valence-corrected chi connectivity index (χ2v) is 3.48. The van der Waals surface area contributed by atoms with Crippen molar-refractivity contribution in [2.45, 2.75) is 27.2 Å². The number of nitrogens with zero attached hydrogens (tertiary/aromatic N) is 2. The van der Waals surface area contributed by atoms with Crippen LogP contribution in [0.4, 0.5) is 5.82 Å². The lowest BCUT2D eigenvalue weighted by Crippen LogP contribution is -2.36. The Hall–Kier alpha value is -1.09. The van der Waals surface area contributed by atoms with Gasteiger partial charge in [0.15, 0.2) is 0 Å². The van der Waals surface area contributed by atoms with Crippen molar-refractivity contribution >= 4 is 5.82 Å². The number of hydrogen-bond donors (Lipinski definition) is 0. The predicted octanol–water partition coefficient (Wildman–Crippen LogP) is 2.51. The molecule has 2 rings (SSSR count). The summed E-state index contributed by atoms with van der Waals surface area (Å²) in [6, 6.07) is 4.25. The van der Waals surface area contributed by atoms with Crippen LogP contribution in [0.3, 0.4) is 0 Å². The molecule has 0 bridgehead atoms. The first kappa shape index (κ1) is 13.0. The van der Waals surface area contributed by atoms with Gasteiger partial charge in [-0.25, -0.2) is 4.98 Å². The summed E-state index contributed by atoms with van der Waals surface area (Å²) < 4.78 is 5.30. The minimum Gasteiger partial charge on any atom is -0.378 e. The molecule has 0 unspecified atom stereocenters. The summed E-state index contributed by atoms with van der Waals surface area (Å²) in [6.45, 7) is 9.69. The molecule has 0 aliphatic carbocycles. The number of pyridine rings is 1. The van der Waals surface area contributed by atoms with Crippen LogP contribution in [0.1, 0.15) is 26.3 Å². The summed E-state index contributed by atoms with van der Waals surface area (Å²) in [7, 11) is 0. The molecule has 0 radical (unpaired) electrons. The third kappa shape index (κ3) is 3.49. The molecule has 0 atom stereocenters. The Morgan fingerprint density at radius 1 is 1.25 bits per heavy atom. The molecule has 0 spiro atoms. The van der Waals surface area contributed by atoms with Crippen LogP contribution in [0.5, 0.6) is 0 Å². The van der Waals surface area contributed by atoms with E-state index in [4.69, 9.17) is 4.74 Å². The average Bonchev–Trinajstić information content (AvgIpc) is 2.42. The van der Waals surface area contributed by atoms with E-state index in [1.54, 1.807) is 0 Å². The van der Waals surface area contributed by atoms with E-state index in [1.165, 1.54) is 5.56 Å². The van der Waals surface area contributed by atoms with Crippen molar-refractivity contribution in [3.8, 4) is 0 Å². The van der Waals surface area contributed by atoms with E-state index in [1.807, 2.05) is 20.0 Å². The second-order valence-electron chi connectivity index (χ2n) is 3.48. The first-order valence-electron chi connectivity index (χ1n) is 6.18. The zero-order chi connectivity index (χ0) is 11.8. The standard InChI is InChI=1S/C11H16N2O.C2H6/c1-2-10-3-4-11(12-9-10)13-5-7-14-8-6-13;1-2/h3-4,9H,2,5-8H2,1H3;1-2H3. The number of ether oxygens (including phenoxy) is 1. The van der Waals surface area contributed by atoms with E-state index in [9.17, 15) is 0 Å². The van der Waals surface area contributed by atoms with E-state index in [-0.39, 0.29) is 0 Å². The maximum absolute atomic E-state index is 5.30. The van der Waals surface area contributed by atoms with E-state index in [0.717, 1.165) is 38.5 Å². The summed E-state index contributed by atoms with van der Waals surface area (Å²) in [5.41, 5.74) is 1.29. The number of aryl methyl sites for hydroxylation is 1. The van der Waals surface area contributed by atoms with Gasteiger partial charge in [-0.05, 0) is 18.1 Å². The fourth-order valence-corrected chi connectivity index (χ4v) is 1.61. The molecule has 16 heavy (non-hydrogen) atoms. The molecule has 0 N–H and O–H groups in total. The first-order chi connectivity index (χ1) is 7.90. The minimum absolute atomic E-state index is 0.817. The van der Waals surface area contributed by atoms with Gasteiger partial charge in [-0.2, -0.15) is 0 Å². The van der Waals surface area contributed by atoms with Gasteiger partial charge in [0.25, 0.3) is 0 Å². The molecule has 0 saturated carbocycles. The molecule has 3 nitrogen and oxygen atoms in total. The fraction of sp³-hybridized carbons (Fsp3) is 0.615. The van der Waals surface area contributed by atoms with Gasteiger partial charge in [0.05, 0.1) is 13.2 Å². The largest absolute Gasteiger partial charge is 0.378 e. The lowest BCUT2D eigenvalue weighted by Gasteiger charge is -2.27. The van der Waals surface area contributed by atoms with Gasteiger partial charge in [-0.15, -0.1) is 0 Å².